The zero-order chi connectivity index (χ0) is 9.68. The van der Waals surface area contributed by atoms with E-state index in [4.69, 9.17) is 11.3 Å². The van der Waals surface area contributed by atoms with Crippen molar-refractivity contribution in [3.05, 3.63) is 53.8 Å². The maximum Gasteiger partial charge on any atom is 0.228 e. The van der Waals surface area contributed by atoms with E-state index in [1.807, 2.05) is 13.0 Å². The Kier molecular flexibility index (Phi) is 2.92. The average Bonchev–Trinajstić information content (AvgIpc) is 2.15. The summed E-state index contributed by atoms with van der Waals surface area (Å²) >= 11 is 0. The molecule has 0 fully saturated rings. The fourth-order valence-electron chi connectivity index (χ4n) is 0.913. The number of aryl methyl sites for hydroxylation is 1. The van der Waals surface area contributed by atoms with Crippen LogP contribution >= 0.6 is 0 Å². The van der Waals surface area contributed by atoms with Crippen molar-refractivity contribution in [2.75, 3.05) is 0 Å². The van der Waals surface area contributed by atoms with Crippen LogP contribution in [-0.4, -0.2) is 0 Å². The standard InChI is InChI=1S/C11H9NO/c1-4-7-13-11-8-9(2)5-6-10(11)12-3/h5-8H,1H2,2H3. The van der Waals surface area contributed by atoms with E-state index in [1.165, 1.54) is 6.26 Å². The van der Waals surface area contributed by atoms with Crippen LogP contribution in [0.3, 0.4) is 0 Å². The molecule has 0 aliphatic heterocycles. The number of benzene rings is 1. The van der Waals surface area contributed by atoms with E-state index in [9.17, 15) is 0 Å². The maximum absolute atomic E-state index is 6.89. The van der Waals surface area contributed by atoms with E-state index in [2.05, 4.69) is 17.2 Å². The first-order valence-corrected chi connectivity index (χ1v) is 3.77. The molecule has 0 amide bonds. The van der Waals surface area contributed by atoms with Gasteiger partial charge in [0.15, 0.2) is 0 Å². The Morgan fingerprint density at radius 2 is 2.38 bits per heavy atom. The van der Waals surface area contributed by atoms with E-state index in [-0.39, 0.29) is 0 Å². The van der Waals surface area contributed by atoms with Crippen molar-refractivity contribution in [1.29, 1.82) is 0 Å². The van der Waals surface area contributed by atoms with Crippen molar-refractivity contribution >= 4 is 5.69 Å². The summed E-state index contributed by atoms with van der Waals surface area (Å²) in [5.74, 6) is 0.547. The molecule has 1 rings (SSSR count). The van der Waals surface area contributed by atoms with Gasteiger partial charge in [0.1, 0.15) is 12.0 Å². The normalized spacial score (nSPS) is 8.31. The summed E-state index contributed by atoms with van der Waals surface area (Å²) in [6.07, 6.45) is 1.34. The Morgan fingerprint density at radius 1 is 1.62 bits per heavy atom. The summed E-state index contributed by atoms with van der Waals surface area (Å²) in [5.41, 5.74) is 4.04. The van der Waals surface area contributed by atoms with Gasteiger partial charge in [-0.05, 0) is 13.0 Å². The van der Waals surface area contributed by atoms with E-state index in [1.54, 1.807) is 12.1 Å². The monoisotopic (exact) mass is 171 g/mol. The fraction of sp³-hybridized carbons (Fsp3) is 0.0909. The summed E-state index contributed by atoms with van der Waals surface area (Å²) < 4.78 is 5.15. The zero-order valence-electron chi connectivity index (χ0n) is 7.37. The van der Waals surface area contributed by atoms with E-state index < -0.39 is 0 Å². The fourth-order valence-corrected chi connectivity index (χ4v) is 0.913. The lowest BCUT2D eigenvalue weighted by Gasteiger charge is -2.02. The molecule has 0 saturated heterocycles. The van der Waals surface area contributed by atoms with Crippen LogP contribution in [0, 0.1) is 13.5 Å². The second-order valence-electron chi connectivity index (χ2n) is 2.52. The van der Waals surface area contributed by atoms with Crippen molar-refractivity contribution in [3.63, 3.8) is 0 Å². The third-order valence-corrected chi connectivity index (χ3v) is 1.50. The third kappa shape index (κ3) is 2.23. The van der Waals surface area contributed by atoms with E-state index >= 15 is 0 Å². The molecule has 0 bridgehead atoms. The number of hydrogen-bond acceptors (Lipinski definition) is 1. The minimum Gasteiger partial charge on any atom is -0.468 e. The molecule has 0 heterocycles. The Labute approximate surface area is 77.6 Å². The van der Waals surface area contributed by atoms with Crippen molar-refractivity contribution in [1.82, 2.24) is 0 Å². The molecule has 0 atom stereocenters. The molecule has 2 heteroatoms. The highest BCUT2D eigenvalue weighted by atomic mass is 16.5. The number of ether oxygens (including phenoxy) is 1. The molecule has 0 radical (unpaired) electrons. The summed E-state index contributed by atoms with van der Waals surface area (Å²) in [5, 5.41) is 0. The summed E-state index contributed by atoms with van der Waals surface area (Å²) in [4.78, 5) is 3.32. The molecule has 0 aliphatic rings. The summed E-state index contributed by atoms with van der Waals surface area (Å²) in [7, 11) is 0. The van der Waals surface area contributed by atoms with Crippen LogP contribution in [0.4, 0.5) is 5.69 Å². The molecule has 0 aliphatic carbocycles. The molecule has 2 nitrogen and oxygen atoms in total. The van der Waals surface area contributed by atoms with Crippen LogP contribution in [0.25, 0.3) is 4.85 Å². The molecule has 1 aromatic carbocycles. The molecule has 0 aromatic heterocycles. The predicted octanol–water partition coefficient (Wildman–Crippen LogP) is 3.22. The predicted molar refractivity (Wildman–Crippen MR) is 51.8 cm³/mol. The lowest BCUT2D eigenvalue weighted by atomic mass is 10.2. The second-order valence-corrected chi connectivity index (χ2v) is 2.52. The molecule has 64 valence electrons. The van der Waals surface area contributed by atoms with Gasteiger partial charge in [-0.2, -0.15) is 0 Å². The average molecular weight is 171 g/mol. The van der Waals surface area contributed by atoms with Crippen LogP contribution in [0.2, 0.25) is 0 Å². The Balaban J connectivity index is 3.09. The van der Waals surface area contributed by atoms with Crippen molar-refractivity contribution in [3.8, 4) is 5.75 Å². The van der Waals surface area contributed by atoms with Crippen LogP contribution < -0.4 is 4.74 Å². The van der Waals surface area contributed by atoms with Gasteiger partial charge in [-0.3, -0.25) is 0 Å². The van der Waals surface area contributed by atoms with Gasteiger partial charge in [-0.15, -0.1) is 0 Å². The Bertz CT molecular complexity index is 395. The summed E-state index contributed by atoms with van der Waals surface area (Å²) in [6.45, 7) is 12.2. The van der Waals surface area contributed by atoms with Crippen LogP contribution in [0.5, 0.6) is 5.75 Å². The topological polar surface area (TPSA) is 13.6 Å². The second kappa shape index (κ2) is 4.15. The van der Waals surface area contributed by atoms with Gasteiger partial charge < -0.3 is 4.74 Å². The Hall–Kier alpha value is -1.97. The first-order chi connectivity index (χ1) is 6.27. The van der Waals surface area contributed by atoms with Gasteiger partial charge >= 0.3 is 0 Å². The quantitative estimate of drug-likeness (QED) is 0.378. The number of hydrogen-bond donors (Lipinski definition) is 0. The van der Waals surface area contributed by atoms with Gasteiger partial charge in [0.25, 0.3) is 0 Å². The highest BCUT2D eigenvalue weighted by molar-refractivity contribution is 5.58. The molecule has 1 aromatic rings. The van der Waals surface area contributed by atoms with Crippen LogP contribution in [-0.2, 0) is 0 Å². The van der Waals surface area contributed by atoms with Gasteiger partial charge in [-0.1, -0.05) is 30.0 Å². The lowest BCUT2D eigenvalue weighted by molar-refractivity contribution is 0.485. The molecule has 0 N–H and O–H groups in total. The smallest absolute Gasteiger partial charge is 0.228 e. The van der Waals surface area contributed by atoms with Gasteiger partial charge in [0.05, 0.1) is 6.57 Å². The van der Waals surface area contributed by atoms with Crippen molar-refractivity contribution in [2.24, 2.45) is 0 Å². The van der Waals surface area contributed by atoms with Crippen molar-refractivity contribution in [2.45, 2.75) is 6.92 Å². The SMILES string of the molecule is [C-]#[N+]c1ccc(C)cc1OC=C=C. The minimum atomic E-state index is 0.497. The molecular formula is C11H9NO. The minimum absolute atomic E-state index is 0.497. The lowest BCUT2D eigenvalue weighted by Crippen LogP contribution is -1.82. The first kappa shape index (κ1) is 9.12. The first-order valence-electron chi connectivity index (χ1n) is 3.77. The number of nitrogens with zero attached hydrogens (tertiary/aromatic N) is 1. The zero-order valence-corrected chi connectivity index (χ0v) is 7.37. The van der Waals surface area contributed by atoms with Gasteiger partial charge in [0.2, 0.25) is 5.69 Å². The molecule has 0 spiro atoms. The third-order valence-electron chi connectivity index (χ3n) is 1.50. The number of rotatable bonds is 2. The van der Waals surface area contributed by atoms with Crippen LogP contribution in [0.1, 0.15) is 5.56 Å². The molecular weight excluding hydrogens is 162 g/mol. The Morgan fingerprint density at radius 3 is 3.00 bits per heavy atom. The molecule has 0 unspecified atom stereocenters. The maximum atomic E-state index is 6.89. The van der Waals surface area contributed by atoms with Gasteiger partial charge in [-0.25, -0.2) is 4.85 Å². The van der Waals surface area contributed by atoms with E-state index in [0.717, 1.165) is 5.56 Å². The molecule has 0 saturated carbocycles. The summed E-state index contributed by atoms with van der Waals surface area (Å²) in [6, 6.07) is 5.41. The van der Waals surface area contributed by atoms with Gasteiger partial charge in [0, 0.05) is 0 Å². The van der Waals surface area contributed by atoms with Crippen molar-refractivity contribution < 1.29 is 4.74 Å². The van der Waals surface area contributed by atoms with Crippen LogP contribution in [0.15, 0.2) is 36.8 Å². The molecule has 13 heavy (non-hydrogen) atoms. The highest BCUT2D eigenvalue weighted by Gasteiger charge is 2.01. The highest BCUT2D eigenvalue weighted by Crippen LogP contribution is 2.28. The largest absolute Gasteiger partial charge is 0.468 e. The van der Waals surface area contributed by atoms with E-state index in [0.29, 0.717) is 11.4 Å².